The second kappa shape index (κ2) is 5.46. The summed E-state index contributed by atoms with van der Waals surface area (Å²) in [6.07, 6.45) is 3.63. The summed E-state index contributed by atoms with van der Waals surface area (Å²) in [7, 11) is 1.42. The Labute approximate surface area is 99.8 Å². The number of ether oxygens (including phenoxy) is 1. The molecule has 1 saturated heterocycles. The molecular formula is C12H17NO2S. The minimum atomic E-state index is -0.232. The zero-order chi connectivity index (χ0) is 11.4. The topological polar surface area (TPSA) is 38.3 Å². The van der Waals surface area contributed by atoms with Gasteiger partial charge in [-0.3, -0.25) is 0 Å². The number of esters is 1. The Hall–Kier alpha value is -0.870. The van der Waals surface area contributed by atoms with Crippen LogP contribution in [0.4, 0.5) is 0 Å². The number of carbonyl (C=O) groups excluding carboxylic acids is 1. The van der Waals surface area contributed by atoms with Crippen LogP contribution in [0.25, 0.3) is 0 Å². The molecule has 0 radical (unpaired) electrons. The van der Waals surface area contributed by atoms with Gasteiger partial charge < -0.3 is 10.1 Å². The van der Waals surface area contributed by atoms with E-state index >= 15 is 0 Å². The van der Waals surface area contributed by atoms with Gasteiger partial charge in [0.2, 0.25) is 0 Å². The highest BCUT2D eigenvalue weighted by atomic mass is 32.1. The lowest BCUT2D eigenvalue weighted by molar-refractivity contribution is 0.0601. The van der Waals surface area contributed by atoms with Gasteiger partial charge in [-0.15, -0.1) is 11.3 Å². The lowest BCUT2D eigenvalue weighted by atomic mass is 9.95. The lowest BCUT2D eigenvalue weighted by Gasteiger charge is -2.21. The first-order chi connectivity index (χ1) is 7.79. The third-order valence-electron chi connectivity index (χ3n) is 2.96. The zero-order valence-corrected chi connectivity index (χ0v) is 10.3. The van der Waals surface area contributed by atoms with Crippen LogP contribution in [0.3, 0.4) is 0 Å². The first kappa shape index (κ1) is 11.6. The van der Waals surface area contributed by atoms with Crippen LogP contribution in [0.2, 0.25) is 0 Å². The lowest BCUT2D eigenvalue weighted by Crippen LogP contribution is -2.30. The largest absolute Gasteiger partial charge is 0.465 e. The minimum Gasteiger partial charge on any atom is -0.465 e. The molecule has 88 valence electrons. The van der Waals surface area contributed by atoms with Crippen LogP contribution in [0.1, 0.15) is 28.1 Å². The second-order valence-corrected chi connectivity index (χ2v) is 5.21. The van der Waals surface area contributed by atoms with Gasteiger partial charge in [0.15, 0.2) is 0 Å². The molecule has 1 aromatic heterocycles. The summed E-state index contributed by atoms with van der Waals surface area (Å²) in [5, 5.41) is 5.30. The number of hydrogen-bond acceptors (Lipinski definition) is 4. The molecule has 1 atom stereocenters. The molecule has 1 N–H and O–H groups in total. The Morgan fingerprint density at radius 2 is 2.56 bits per heavy atom. The SMILES string of the molecule is COC(=O)c1csc(CC2CCCNC2)c1. The highest BCUT2D eigenvalue weighted by Gasteiger charge is 2.15. The highest BCUT2D eigenvalue weighted by Crippen LogP contribution is 2.22. The summed E-state index contributed by atoms with van der Waals surface area (Å²) >= 11 is 1.66. The van der Waals surface area contributed by atoms with Crippen molar-refractivity contribution in [3.63, 3.8) is 0 Å². The summed E-state index contributed by atoms with van der Waals surface area (Å²) in [5.41, 5.74) is 0.686. The quantitative estimate of drug-likeness (QED) is 0.821. The van der Waals surface area contributed by atoms with Crippen molar-refractivity contribution in [3.05, 3.63) is 21.9 Å². The van der Waals surface area contributed by atoms with Gasteiger partial charge in [0.05, 0.1) is 12.7 Å². The molecule has 1 aromatic rings. The van der Waals surface area contributed by atoms with Gasteiger partial charge in [-0.1, -0.05) is 0 Å². The molecule has 0 amide bonds. The number of carbonyl (C=O) groups is 1. The van der Waals surface area contributed by atoms with Crippen LogP contribution >= 0.6 is 11.3 Å². The number of methoxy groups -OCH3 is 1. The summed E-state index contributed by atoms with van der Waals surface area (Å²) in [6.45, 7) is 2.25. The number of rotatable bonds is 3. The van der Waals surface area contributed by atoms with E-state index in [1.54, 1.807) is 11.3 Å². The highest BCUT2D eigenvalue weighted by molar-refractivity contribution is 7.10. The van der Waals surface area contributed by atoms with Crippen molar-refractivity contribution in [2.24, 2.45) is 5.92 Å². The van der Waals surface area contributed by atoms with Crippen molar-refractivity contribution in [1.29, 1.82) is 0 Å². The molecular weight excluding hydrogens is 222 g/mol. The third kappa shape index (κ3) is 2.83. The van der Waals surface area contributed by atoms with Crippen molar-refractivity contribution >= 4 is 17.3 Å². The first-order valence-corrected chi connectivity index (χ1v) is 6.54. The molecule has 0 bridgehead atoms. The van der Waals surface area contributed by atoms with Crippen LogP contribution in [0, 0.1) is 5.92 Å². The Kier molecular flexibility index (Phi) is 3.96. The van der Waals surface area contributed by atoms with Crippen LogP contribution in [-0.4, -0.2) is 26.2 Å². The third-order valence-corrected chi connectivity index (χ3v) is 3.92. The van der Waals surface area contributed by atoms with Crippen LogP contribution in [0.15, 0.2) is 11.4 Å². The molecule has 1 aliphatic heterocycles. The Bertz CT molecular complexity index is 356. The fraction of sp³-hybridized carbons (Fsp3) is 0.583. The molecule has 0 aromatic carbocycles. The van der Waals surface area contributed by atoms with E-state index in [-0.39, 0.29) is 5.97 Å². The summed E-state index contributed by atoms with van der Waals surface area (Å²) in [6, 6.07) is 1.96. The van der Waals surface area contributed by atoms with Crippen molar-refractivity contribution in [1.82, 2.24) is 5.32 Å². The van der Waals surface area contributed by atoms with E-state index in [1.165, 1.54) is 24.8 Å². The van der Waals surface area contributed by atoms with E-state index in [2.05, 4.69) is 5.32 Å². The summed E-state index contributed by atoms with van der Waals surface area (Å²) < 4.78 is 4.69. The summed E-state index contributed by atoms with van der Waals surface area (Å²) in [5.74, 6) is 0.488. The fourth-order valence-corrected chi connectivity index (χ4v) is 3.06. The fourth-order valence-electron chi connectivity index (χ4n) is 2.10. The normalized spacial score (nSPS) is 20.7. The van der Waals surface area contributed by atoms with E-state index < -0.39 is 0 Å². The molecule has 2 heterocycles. The molecule has 2 rings (SSSR count). The van der Waals surface area contributed by atoms with Gasteiger partial charge >= 0.3 is 5.97 Å². The monoisotopic (exact) mass is 239 g/mol. The molecule has 0 saturated carbocycles. The predicted molar refractivity (Wildman–Crippen MR) is 65.0 cm³/mol. The molecule has 1 aliphatic rings. The second-order valence-electron chi connectivity index (χ2n) is 4.21. The van der Waals surface area contributed by atoms with Gasteiger partial charge in [0, 0.05) is 10.3 Å². The Balaban J connectivity index is 1.94. The number of nitrogens with one attached hydrogen (secondary N) is 1. The molecule has 4 heteroatoms. The first-order valence-electron chi connectivity index (χ1n) is 5.66. The van der Waals surface area contributed by atoms with E-state index in [4.69, 9.17) is 4.74 Å². The van der Waals surface area contributed by atoms with Gasteiger partial charge in [-0.05, 0) is 44.3 Å². The smallest absolute Gasteiger partial charge is 0.338 e. The molecule has 0 spiro atoms. The van der Waals surface area contributed by atoms with Crippen molar-refractivity contribution in [3.8, 4) is 0 Å². The summed E-state index contributed by atoms with van der Waals surface area (Å²) in [4.78, 5) is 12.6. The van der Waals surface area contributed by atoms with Gasteiger partial charge in [-0.25, -0.2) is 4.79 Å². The van der Waals surface area contributed by atoms with Crippen molar-refractivity contribution in [2.45, 2.75) is 19.3 Å². The van der Waals surface area contributed by atoms with Crippen molar-refractivity contribution < 1.29 is 9.53 Å². The average Bonchev–Trinajstić information content (AvgIpc) is 2.78. The standard InChI is InChI=1S/C12H17NO2S/c1-15-12(14)10-6-11(16-8-10)5-9-3-2-4-13-7-9/h6,8-9,13H,2-5,7H2,1H3. The van der Waals surface area contributed by atoms with E-state index in [0.717, 1.165) is 25.4 Å². The van der Waals surface area contributed by atoms with Gasteiger partial charge in [0.25, 0.3) is 0 Å². The number of piperidine rings is 1. The van der Waals surface area contributed by atoms with Gasteiger partial charge in [0.1, 0.15) is 0 Å². The average molecular weight is 239 g/mol. The van der Waals surface area contributed by atoms with Crippen LogP contribution < -0.4 is 5.32 Å². The molecule has 16 heavy (non-hydrogen) atoms. The van der Waals surface area contributed by atoms with Crippen LogP contribution in [-0.2, 0) is 11.2 Å². The molecule has 3 nitrogen and oxygen atoms in total. The minimum absolute atomic E-state index is 0.232. The maximum Gasteiger partial charge on any atom is 0.338 e. The van der Waals surface area contributed by atoms with E-state index in [9.17, 15) is 4.79 Å². The number of thiophene rings is 1. The molecule has 0 aliphatic carbocycles. The maximum absolute atomic E-state index is 11.3. The zero-order valence-electron chi connectivity index (χ0n) is 9.49. The predicted octanol–water partition coefficient (Wildman–Crippen LogP) is 2.08. The molecule has 1 unspecified atom stereocenters. The van der Waals surface area contributed by atoms with Gasteiger partial charge in [-0.2, -0.15) is 0 Å². The molecule has 1 fully saturated rings. The van der Waals surface area contributed by atoms with Crippen LogP contribution in [0.5, 0.6) is 0 Å². The number of hydrogen-bond donors (Lipinski definition) is 1. The Morgan fingerprint density at radius 1 is 1.69 bits per heavy atom. The Morgan fingerprint density at radius 3 is 3.25 bits per heavy atom. The maximum atomic E-state index is 11.3. The van der Waals surface area contributed by atoms with E-state index in [0.29, 0.717) is 5.56 Å². The van der Waals surface area contributed by atoms with Crippen molar-refractivity contribution in [2.75, 3.05) is 20.2 Å². The van der Waals surface area contributed by atoms with E-state index in [1.807, 2.05) is 11.4 Å².